The maximum atomic E-state index is 12.7. The molecule has 2 N–H and O–H groups in total. The predicted molar refractivity (Wildman–Crippen MR) is 121 cm³/mol. The van der Waals surface area contributed by atoms with Gasteiger partial charge in [-0.15, -0.1) is 0 Å². The lowest BCUT2D eigenvalue weighted by molar-refractivity contribution is -0.142. The number of aromatic amines is 1. The van der Waals surface area contributed by atoms with Crippen LogP contribution in [-0.2, 0) is 23.0 Å². The van der Waals surface area contributed by atoms with Gasteiger partial charge in [-0.05, 0) is 29.8 Å². The molecule has 4 aromatic rings. The van der Waals surface area contributed by atoms with Gasteiger partial charge in [-0.1, -0.05) is 29.8 Å². The van der Waals surface area contributed by atoms with E-state index in [1.54, 1.807) is 24.4 Å². The molecule has 0 aliphatic heterocycles. The number of rotatable bonds is 6. The lowest BCUT2D eigenvalue weighted by Gasteiger charge is -2.17. The number of carbonyl (C=O) groups excluding carboxylic acids is 2. The van der Waals surface area contributed by atoms with Gasteiger partial charge >= 0.3 is 12.1 Å². The van der Waals surface area contributed by atoms with E-state index in [2.05, 4.69) is 15.3 Å². The van der Waals surface area contributed by atoms with Gasteiger partial charge in [0.1, 0.15) is 11.8 Å². The number of para-hydroxylation sites is 1. The molecule has 0 bridgehead atoms. The molecule has 9 heteroatoms. The second kappa shape index (κ2) is 9.15. The van der Waals surface area contributed by atoms with Gasteiger partial charge in [0.25, 0.3) is 0 Å². The molecular weight excluding hydrogens is 432 g/mol. The van der Waals surface area contributed by atoms with Gasteiger partial charge in [0.15, 0.2) is 0 Å². The smallest absolute Gasteiger partial charge is 0.413 e. The van der Waals surface area contributed by atoms with Crippen molar-refractivity contribution in [3.05, 3.63) is 71.8 Å². The zero-order valence-corrected chi connectivity index (χ0v) is 18.2. The highest BCUT2D eigenvalue weighted by molar-refractivity contribution is 6.31. The number of halogens is 1. The average Bonchev–Trinajstić information content (AvgIpc) is 3.43. The van der Waals surface area contributed by atoms with E-state index in [0.717, 1.165) is 16.5 Å². The Balaban J connectivity index is 1.55. The van der Waals surface area contributed by atoms with Crippen LogP contribution in [0.2, 0.25) is 5.02 Å². The Bertz CT molecular complexity index is 1270. The minimum atomic E-state index is -0.929. The summed E-state index contributed by atoms with van der Waals surface area (Å²) in [5.74, 6) is -0.301. The molecule has 164 valence electrons. The first-order valence-corrected chi connectivity index (χ1v) is 10.2. The third-order valence-electron chi connectivity index (χ3n) is 5.11. The topological polar surface area (TPSA) is 98.2 Å². The molecule has 32 heavy (non-hydrogen) atoms. The van der Waals surface area contributed by atoms with Crippen LogP contribution in [0.15, 0.2) is 61.2 Å². The van der Waals surface area contributed by atoms with E-state index < -0.39 is 18.1 Å². The van der Waals surface area contributed by atoms with Crippen molar-refractivity contribution >= 4 is 34.6 Å². The highest BCUT2D eigenvalue weighted by Gasteiger charge is 2.25. The molecule has 0 saturated carbocycles. The van der Waals surface area contributed by atoms with Gasteiger partial charge in [0.05, 0.1) is 25.3 Å². The zero-order chi connectivity index (χ0) is 22.7. The number of amides is 1. The van der Waals surface area contributed by atoms with E-state index in [1.165, 1.54) is 13.4 Å². The highest BCUT2D eigenvalue weighted by Crippen LogP contribution is 2.31. The molecule has 1 amide bonds. The number of ether oxygens (including phenoxy) is 2. The van der Waals surface area contributed by atoms with Crippen LogP contribution in [0.5, 0.6) is 5.75 Å². The summed E-state index contributed by atoms with van der Waals surface area (Å²) in [5, 5.41) is 4.10. The molecule has 0 fully saturated rings. The number of nitrogens with one attached hydrogen (secondary N) is 2. The van der Waals surface area contributed by atoms with Crippen molar-refractivity contribution < 1.29 is 19.1 Å². The van der Waals surface area contributed by atoms with E-state index in [4.69, 9.17) is 21.1 Å². The Kier molecular flexibility index (Phi) is 6.13. The van der Waals surface area contributed by atoms with Gasteiger partial charge in [-0.2, -0.15) is 0 Å². The number of aromatic nitrogens is 3. The van der Waals surface area contributed by atoms with E-state index >= 15 is 0 Å². The number of imidazole rings is 1. The van der Waals surface area contributed by atoms with Gasteiger partial charge in [-0.25, -0.2) is 14.6 Å². The van der Waals surface area contributed by atoms with Crippen LogP contribution in [0, 0.1) is 0 Å². The van der Waals surface area contributed by atoms with Gasteiger partial charge in [0, 0.05) is 41.2 Å². The number of benzene rings is 2. The van der Waals surface area contributed by atoms with Crippen LogP contribution in [0.1, 0.15) is 5.56 Å². The Morgan fingerprint density at radius 2 is 2.06 bits per heavy atom. The van der Waals surface area contributed by atoms with Crippen molar-refractivity contribution in [2.45, 2.75) is 12.5 Å². The number of esters is 1. The molecule has 2 heterocycles. The molecule has 0 aliphatic rings. The fraction of sp³-hybridized carbons (Fsp3) is 0.174. The minimum absolute atomic E-state index is 0.247. The van der Waals surface area contributed by atoms with Crippen molar-refractivity contribution in [3.8, 4) is 17.0 Å². The van der Waals surface area contributed by atoms with Gasteiger partial charge in [0.2, 0.25) is 0 Å². The van der Waals surface area contributed by atoms with Crippen molar-refractivity contribution in [3.63, 3.8) is 0 Å². The lowest BCUT2D eigenvalue weighted by Crippen LogP contribution is -2.44. The number of hydrogen-bond acceptors (Lipinski definition) is 5. The normalized spacial score (nSPS) is 11.8. The van der Waals surface area contributed by atoms with Crippen LogP contribution >= 0.6 is 11.6 Å². The molecule has 0 radical (unpaired) electrons. The molecule has 2 aromatic heterocycles. The molecule has 8 nitrogen and oxygen atoms in total. The number of H-pyrrole nitrogens is 1. The molecule has 4 rings (SSSR count). The maximum Gasteiger partial charge on any atom is 0.413 e. The van der Waals surface area contributed by atoms with Crippen LogP contribution in [0.25, 0.3) is 22.2 Å². The summed E-state index contributed by atoms with van der Waals surface area (Å²) in [6.07, 6.45) is 4.50. The number of aryl methyl sites for hydroxylation is 1. The summed E-state index contributed by atoms with van der Waals surface area (Å²) in [6, 6.07) is 11.8. The van der Waals surface area contributed by atoms with Crippen molar-refractivity contribution in [2.75, 3.05) is 7.11 Å². The average molecular weight is 453 g/mol. The molecular formula is C23H21ClN4O4. The van der Waals surface area contributed by atoms with Crippen LogP contribution in [0.4, 0.5) is 4.79 Å². The third-order valence-corrected chi connectivity index (χ3v) is 5.35. The van der Waals surface area contributed by atoms with Gasteiger partial charge in [-0.3, -0.25) is 0 Å². The molecule has 0 unspecified atom stereocenters. The van der Waals surface area contributed by atoms with Crippen LogP contribution < -0.4 is 10.1 Å². The molecule has 0 aliphatic carbocycles. The second-order valence-electron chi connectivity index (χ2n) is 7.20. The van der Waals surface area contributed by atoms with E-state index in [1.807, 2.05) is 42.1 Å². The molecule has 0 saturated heterocycles. The first-order valence-electron chi connectivity index (χ1n) is 9.83. The second-order valence-corrected chi connectivity index (χ2v) is 7.64. The fourth-order valence-corrected chi connectivity index (χ4v) is 3.79. The predicted octanol–water partition coefficient (Wildman–Crippen LogP) is 4.09. The van der Waals surface area contributed by atoms with E-state index in [0.29, 0.717) is 16.3 Å². The quantitative estimate of drug-likeness (QED) is 0.429. The van der Waals surface area contributed by atoms with Crippen LogP contribution in [0.3, 0.4) is 0 Å². The van der Waals surface area contributed by atoms with Crippen LogP contribution in [-0.4, -0.2) is 39.7 Å². The van der Waals surface area contributed by atoms with E-state index in [9.17, 15) is 9.59 Å². The third kappa shape index (κ3) is 4.45. The van der Waals surface area contributed by atoms with Crippen molar-refractivity contribution in [1.29, 1.82) is 0 Å². The standard InChI is InChI=1S/C23H21ClN4O4/c1-28-12-14(16-5-3-4-6-20(16)28)9-18(22(29)31-2)27-23(30)32-21-8-7-15(24)10-17(21)19-11-25-13-26-19/h3-8,10-13,18H,9H2,1-2H3,(H,25,26)(H,27,30)/t18-/m1/s1. The Hall–Kier alpha value is -3.78. The summed E-state index contributed by atoms with van der Waals surface area (Å²) < 4.78 is 12.4. The Morgan fingerprint density at radius 3 is 2.81 bits per heavy atom. The fourth-order valence-electron chi connectivity index (χ4n) is 3.62. The summed E-state index contributed by atoms with van der Waals surface area (Å²) in [7, 11) is 3.21. The first-order chi connectivity index (χ1) is 15.5. The molecule has 0 spiro atoms. The number of carbonyl (C=O) groups is 2. The largest absolute Gasteiger partial charge is 0.467 e. The van der Waals surface area contributed by atoms with Crippen molar-refractivity contribution in [2.24, 2.45) is 7.05 Å². The zero-order valence-electron chi connectivity index (χ0n) is 17.5. The number of fused-ring (bicyclic) bond motifs is 1. The lowest BCUT2D eigenvalue weighted by atomic mass is 10.1. The highest BCUT2D eigenvalue weighted by atomic mass is 35.5. The van der Waals surface area contributed by atoms with E-state index in [-0.39, 0.29) is 12.2 Å². The maximum absolute atomic E-state index is 12.7. The minimum Gasteiger partial charge on any atom is -0.467 e. The summed E-state index contributed by atoms with van der Waals surface area (Å²) in [6.45, 7) is 0. The Labute approximate surface area is 189 Å². The number of methoxy groups -OCH3 is 1. The summed E-state index contributed by atoms with van der Waals surface area (Å²) in [5.41, 5.74) is 3.13. The van der Waals surface area contributed by atoms with Crippen molar-refractivity contribution in [1.82, 2.24) is 19.9 Å². The number of nitrogens with zero attached hydrogens (tertiary/aromatic N) is 2. The number of hydrogen-bond donors (Lipinski definition) is 2. The van der Waals surface area contributed by atoms with Gasteiger partial charge < -0.3 is 24.3 Å². The molecule has 1 atom stereocenters. The SMILES string of the molecule is COC(=O)[C@@H](Cc1cn(C)c2ccccc12)NC(=O)Oc1ccc(Cl)cc1-c1cnc[nH]1. The molecule has 2 aromatic carbocycles. The first kappa shape index (κ1) is 21.5. The Morgan fingerprint density at radius 1 is 1.25 bits per heavy atom. The summed E-state index contributed by atoms with van der Waals surface area (Å²) >= 11 is 6.10. The summed E-state index contributed by atoms with van der Waals surface area (Å²) in [4.78, 5) is 32.1. The monoisotopic (exact) mass is 452 g/mol.